The fraction of sp³-hybridized carbons (Fsp3) is 0.778. The zero-order valence-corrected chi connectivity index (χ0v) is 15.8. The van der Waals surface area contributed by atoms with Gasteiger partial charge < -0.3 is 20.2 Å². The molecule has 0 aromatic rings. The monoisotopic (exact) mass is 353 g/mol. The summed E-state index contributed by atoms with van der Waals surface area (Å²) in [6.45, 7) is 13.8. The van der Waals surface area contributed by atoms with Crippen molar-refractivity contribution in [1.82, 2.24) is 10.6 Å². The number of esters is 1. The zero-order chi connectivity index (χ0) is 19.2. The number of carbonyl (C=O) groups is 3. The molecule has 2 amide bonds. The van der Waals surface area contributed by atoms with Crippen LogP contribution in [0.1, 0.15) is 66.2 Å². The predicted molar refractivity (Wildman–Crippen MR) is 95.6 cm³/mol. The van der Waals surface area contributed by atoms with Gasteiger partial charge in [0.2, 0.25) is 5.91 Å². The zero-order valence-electron chi connectivity index (χ0n) is 15.8. The van der Waals surface area contributed by atoms with Crippen molar-refractivity contribution in [3.8, 4) is 0 Å². The van der Waals surface area contributed by atoms with Crippen molar-refractivity contribution in [3.05, 3.63) is 11.4 Å². The lowest BCUT2D eigenvalue weighted by atomic mass is 10.1. The first-order chi connectivity index (χ1) is 11.8. The summed E-state index contributed by atoms with van der Waals surface area (Å²) in [6, 6.07) is -2.47. The maximum atomic E-state index is 12.0. The number of nitrogens with one attached hydrogen (secondary N) is 2. The topological polar surface area (TPSA) is 88.9 Å². The number of amides is 2. The van der Waals surface area contributed by atoms with Gasteiger partial charge in [0, 0.05) is 6.92 Å². The van der Waals surface area contributed by atoms with E-state index >= 15 is 0 Å². The van der Waals surface area contributed by atoms with Crippen molar-refractivity contribution in [1.29, 1.82) is 0 Å². The Morgan fingerprint density at radius 3 is 2.08 bits per heavy atom. The lowest BCUT2D eigenvalue weighted by Gasteiger charge is -2.17. The van der Waals surface area contributed by atoms with Crippen LogP contribution in [0.25, 0.3) is 4.85 Å². The average molecular weight is 353 g/mol. The van der Waals surface area contributed by atoms with Crippen LogP contribution in [0.15, 0.2) is 0 Å². The maximum Gasteiger partial charge on any atom is 0.328 e. The average Bonchev–Trinajstić information content (AvgIpc) is 2.59. The smallest absolute Gasteiger partial charge is 0.328 e. The molecule has 0 aromatic heterocycles. The number of unbranched alkanes of at least 4 members (excludes halogenated alkanes) is 5. The van der Waals surface area contributed by atoms with E-state index in [1.165, 1.54) is 40.0 Å². The molecule has 0 aliphatic heterocycles. The van der Waals surface area contributed by atoms with Gasteiger partial charge in [0.1, 0.15) is 12.1 Å². The molecular weight excluding hydrogens is 322 g/mol. The molecule has 2 N–H and O–H groups in total. The predicted octanol–water partition coefficient (Wildman–Crippen LogP) is 2.21. The molecule has 0 aliphatic carbocycles. The van der Waals surface area contributed by atoms with E-state index < -0.39 is 35.9 Å². The first-order valence-electron chi connectivity index (χ1n) is 8.97. The molecule has 0 bridgehead atoms. The molecular formula is C18H31N3O4. The van der Waals surface area contributed by atoms with Gasteiger partial charge in [-0.05, 0) is 20.3 Å². The van der Waals surface area contributed by atoms with Gasteiger partial charge in [0.25, 0.3) is 6.04 Å². The van der Waals surface area contributed by atoms with E-state index in [-0.39, 0.29) is 0 Å². The normalized spacial score (nSPS) is 13.9. The number of rotatable bonds is 12. The van der Waals surface area contributed by atoms with Gasteiger partial charge in [0.15, 0.2) is 0 Å². The van der Waals surface area contributed by atoms with Crippen LogP contribution in [0, 0.1) is 6.57 Å². The van der Waals surface area contributed by atoms with Crippen LogP contribution in [0.4, 0.5) is 0 Å². The number of hydrogen-bond donors (Lipinski definition) is 2. The van der Waals surface area contributed by atoms with Crippen LogP contribution >= 0.6 is 0 Å². The summed E-state index contributed by atoms with van der Waals surface area (Å²) >= 11 is 0. The highest BCUT2D eigenvalue weighted by Crippen LogP contribution is 2.05. The van der Waals surface area contributed by atoms with Gasteiger partial charge in [-0.25, -0.2) is 11.4 Å². The summed E-state index contributed by atoms with van der Waals surface area (Å²) in [5.74, 6) is -1.50. The molecule has 25 heavy (non-hydrogen) atoms. The van der Waals surface area contributed by atoms with Gasteiger partial charge in [-0.2, -0.15) is 0 Å². The third kappa shape index (κ3) is 10.4. The van der Waals surface area contributed by atoms with Crippen LogP contribution in [0.5, 0.6) is 0 Å². The highest BCUT2D eigenvalue weighted by molar-refractivity contribution is 5.92. The van der Waals surface area contributed by atoms with Gasteiger partial charge in [-0.3, -0.25) is 9.59 Å². The molecule has 3 atom stereocenters. The van der Waals surface area contributed by atoms with Gasteiger partial charge in [-0.1, -0.05) is 39.0 Å². The first kappa shape index (κ1) is 22.9. The molecule has 0 aliphatic rings. The van der Waals surface area contributed by atoms with E-state index in [4.69, 9.17) is 11.3 Å². The summed E-state index contributed by atoms with van der Waals surface area (Å²) < 4.78 is 5.15. The van der Waals surface area contributed by atoms with Gasteiger partial charge in [0.05, 0.1) is 6.61 Å². The quantitative estimate of drug-likeness (QED) is 0.320. The summed E-state index contributed by atoms with van der Waals surface area (Å²) in [6.07, 6.45) is 6.60. The highest BCUT2D eigenvalue weighted by Gasteiger charge is 2.25. The first-order valence-corrected chi connectivity index (χ1v) is 8.97. The lowest BCUT2D eigenvalue weighted by molar-refractivity contribution is -0.147. The van der Waals surface area contributed by atoms with Crippen LogP contribution in [-0.4, -0.2) is 42.5 Å². The number of hydrogen-bond acceptors (Lipinski definition) is 4. The Hall–Kier alpha value is -2.10. The summed E-state index contributed by atoms with van der Waals surface area (Å²) in [5.41, 5.74) is 0. The van der Waals surface area contributed by atoms with Gasteiger partial charge in [-0.15, -0.1) is 0 Å². The van der Waals surface area contributed by atoms with Crippen molar-refractivity contribution in [2.75, 3.05) is 6.61 Å². The van der Waals surface area contributed by atoms with E-state index in [1.54, 1.807) is 0 Å². The van der Waals surface area contributed by atoms with E-state index in [1.807, 2.05) is 0 Å². The molecule has 0 fully saturated rings. The highest BCUT2D eigenvalue weighted by atomic mass is 16.5. The van der Waals surface area contributed by atoms with Crippen LogP contribution < -0.4 is 10.6 Å². The van der Waals surface area contributed by atoms with Crippen LogP contribution in [0.3, 0.4) is 0 Å². The van der Waals surface area contributed by atoms with Crippen molar-refractivity contribution < 1.29 is 19.1 Å². The Bertz CT molecular complexity index is 473. The third-order valence-electron chi connectivity index (χ3n) is 3.78. The van der Waals surface area contributed by atoms with E-state index in [0.29, 0.717) is 6.61 Å². The molecule has 0 heterocycles. The molecule has 7 heteroatoms. The Morgan fingerprint density at radius 1 is 0.920 bits per heavy atom. The number of nitrogens with zero attached hydrogens (tertiary/aromatic N) is 1. The lowest BCUT2D eigenvalue weighted by Crippen LogP contribution is -2.51. The van der Waals surface area contributed by atoms with Crippen LogP contribution in [0.2, 0.25) is 0 Å². The minimum atomic E-state index is -0.852. The minimum absolute atomic E-state index is 0.347. The second-order valence-electron chi connectivity index (χ2n) is 6.20. The SMILES string of the molecule is [C-]#[N+][C@H](C)C(=O)N[C@@H](C)C(=O)N[C@@H](C)C(=O)OCCCCCCCC. The Morgan fingerprint density at radius 2 is 1.48 bits per heavy atom. The van der Waals surface area contributed by atoms with E-state index in [0.717, 1.165) is 19.3 Å². The molecule has 0 saturated carbocycles. The molecule has 0 aromatic carbocycles. The summed E-state index contributed by atoms with van der Waals surface area (Å²) in [7, 11) is 0. The van der Waals surface area contributed by atoms with Crippen LogP contribution in [-0.2, 0) is 19.1 Å². The summed E-state index contributed by atoms with van der Waals surface area (Å²) in [5, 5.41) is 4.94. The molecule has 0 radical (unpaired) electrons. The molecule has 0 unspecified atom stereocenters. The van der Waals surface area contributed by atoms with E-state index in [2.05, 4.69) is 22.4 Å². The standard InChI is InChI=1S/C18H31N3O4/c1-6-7-8-9-10-11-12-25-18(24)15(4)21-17(23)14(3)20-16(22)13(2)19-5/h13-15H,6-12H2,1-4H3,(H,20,22)(H,21,23)/t13-,14+,15+/m1/s1. The second kappa shape index (κ2) is 13.2. The molecule has 142 valence electrons. The van der Waals surface area contributed by atoms with Crippen molar-refractivity contribution in [2.45, 2.75) is 84.3 Å². The van der Waals surface area contributed by atoms with Crippen molar-refractivity contribution in [3.63, 3.8) is 0 Å². The Kier molecular flexibility index (Phi) is 12.1. The van der Waals surface area contributed by atoms with Crippen molar-refractivity contribution in [2.24, 2.45) is 0 Å². The Labute approximate surface area is 150 Å². The molecule has 0 spiro atoms. The molecule has 7 nitrogen and oxygen atoms in total. The fourth-order valence-corrected chi connectivity index (χ4v) is 2.04. The Balaban J connectivity index is 4.03. The van der Waals surface area contributed by atoms with Gasteiger partial charge >= 0.3 is 11.9 Å². The third-order valence-corrected chi connectivity index (χ3v) is 3.78. The number of ether oxygens (including phenoxy) is 1. The molecule has 0 saturated heterocycles. The van der Waals surface area contributed by atoms with Crippen molar-refractivity contribution >= 4 is 17.8 Å². The largest absolute Gasteiger partial charge is 0.464 e. The fourth-order valence-electron chi connectivity index (χ4n) is 2.04. The second-order valence-corrected chi connectivity index (χ2v) is 6.20. The minimum Gasteiger partial charge on any atom is -0.464 e. The maximum absolute atomic E-state index is 12.0. The number of carbonyl (C=O) groups excluding carboxylic acids is 3. The molecule has 0 rings (SSSR count). The summed E-state index contributed by atoms with van der Waals surface area (Å²) in [4.78, 5) is 38.5. The van der Waals surface area contributed by atoms with E-state index in [9.17, 15) is 14.4 Å².